The smallest absolute Gasteiger partial charge is 0.341 e. The van der Waals surface area contributed by atoms with Gasteiger partial charge < -0.3 is 14.8 Å². The Hall–Kier alpha value is -2.22. The summed E-state index contributed by atoms with van der Waals surface area (Å²) in [6.45, 7) is 5.68. The molecule has 1 aliphatic rings. The van der Waals surface area contributed by atoms with E-state index in [0.717, 1.165) is 11.1 Å². The highest BCUT2D eigenvalue weighted by molar-refractivity contribution is 7.15. The van der Waals surface area contributed by atoms with Crippen LogP contribution in [0.3, 0.4) is 0 Å². The van der Waals surface area contributed by atoms with Crippen molar-refractivity contribution in [2.75, 3.05) is 32.1 Å². The van der Waals surface area contributed by atoms with Crippen molar-refractivity contribution in [3.63, 3.8) is 0 Å². The molecule has 0 bridgehead atoms. The fourth-order valence-electron chi connectivity index (χ4n) is 3.37. The monoisotopic (exact) mass is 388 g/mol. The molecule has 0 radical (unpaired) electrons. The maximum atomic E-state index is 12.6. The van der Waals surface area contributed by atoms with Crippen molar-refractivity contribution in [3.8, 4) is 11.1 Å². The summed E-state index contributed by atoms with van der Waals surface area (Å²) in [7, 11) is 1.34. The number of anilines is 1. The second-order valence-electron chi connectivity index (χ2n) is 6.71. The summed E-state index contributed by atoms with van der Waals surface area (Å²) < 4.78 is 10.6. The Balaban J connectivity index is 1.77. The molecule has 2 heterocycles. The van der Waals surface area contributed by atoms with Crippen molar-refractivity contribution < 1.29 is 19.1 Å². The first-order chi connectivity index (χ1) is 13.0. The van der Waals surface area contributed by atoms with Crippen LogP contribution in [0.15, 0.2) is 35.7 Å². The molecule has 1 aliphatic heterocycles. The Bertz CT molecular complexity index is 796. The third kappa shape index (κ3) is 4.74. The average molecular weight is 388 g/mol. The molecule has 3 rings (SSSR count). The van der Waals surface area contributed by atoms with Gasteiger partial charge in [0.2, 0.25) is 5.91 Å². The fourth-order valence-corrected chi connectivity index (χ4v) is 4.34. The van der Waals surface area contributed by atoms with Gasteiger partial charge in [-0.05, 0) is 19.4 Å². The van der Waals surface area contributed by atoms with Gasteiger partial charge in [-0.3, -0.25) is 9.69 Å². The van der Waals surface area contributed by atoms with E-state index < -0.39 is 5.97 Å². The van der Waals surface area contributed by atoms with Gasteiger partial charge in [0, 0.05) is 24.0 Å². The van der Waals surface area contributed by atoms with Gasteiger partial charge in [-0.1, -0.05) is 30.3 Å². The van der Waals surface area contributed by atoms with E-state index in [1.165, 1.54) is 18.4 Å². The van der Waals surface area contributed by atoms with Crippen molar-refractivity contribution in [1.82, 2.24) is 4.90 Å². The zero-order valence-corrected chi connectivity index (χ0v) is 16.5. The lowest BCUT2D eigenvalue weighted by atomic mass is 10.0. The molecule has 2 atom stereocenters. The van der Waals surface area contributed by atoms with Gasteiger partial charge in [0.05, 0.1) is 25.9 Å². The van der Waals surface area contributed by atoms with Gasteiger partial charge in [-0.25, -0.2) is 4.79 Å². The average Bonchev–Trinajstić information content (AvgIpc) is 3.04. The molecular formula is C20H24N2O4S. The topological polar surface area (TPSA) is 67.9 Å². The van der Waals surface area contributed by atoms with Gasteiger partial charge in [-0.2, -0.15) is 0 Å². The van der Waals surface area contributed by atoms with Crippen LogP contribution in [0.4, 0.5) is 5.00 Å². The number of nitrogens with one attached hydrogen (secondary N) is 1. The number of nitrogens with zero attached hydrogens (tertiary/aromatic N) is 1. The second-order valence-corrected chi connectivity index (χ2v) is 7.59. The van der Waals surface area contributed by atoms with Crippen LogP contribution < -0.4 is 5.32 Å². The van der Waals surface area contributed by atoms with E-state index in [1.54, 1.807) is 0 Å². The maximum absolute atomic E-state index is 12.6. The predicted octanol–water partition coefficient (Wildman–Crippen LogP) is 3.25. The van der Waals surface area contributed by atoms with Crippen LogP contribution in [0.5, 0.6) is 0 Å². The number of thiophene rings is 1. The van der Waals surface area contributed by atoms with Gasteiger partial charge in [0.25, 0.3) is 0 Å². The summed E-state index contributed by atoms with van der Waals surface area (Å²) in [5.74, 6) is -0.609. The molecule has 0 aliphatic carbocycles. The summed E-state index contributed by atoms with van der Waals surface area (Å²) in [5.41, 5.74) is 2.06. The third-order valence-corrected chi connectivity index (χ3v) is 5.28. The van der Waals surface area contributed by atoms with Crippen LogP contribution in [-0.4, -0.2) is 55.7 Å². The van der Waals surface area contributed by atoms with E-state index in [9.17, 15) is 9.59 Å². The molecule has 27 heavy (non-hydrogen) atoms. The molecule has 1 amide bonds. The molecule has 1 aromatic carbocycles. The molecule has 1 N–H and O–H groups in total. The highest BCUT2D eigenvalue weighted by Crippen LogP contribution is 2.36. The molecule has 144 valence electrons. The number of carbonyl (C=O) groups excluding carboxylic acids is 2. The Morgan fingerprint density at radius 2 is 1.89 bits per heavy atom. The normalized spacial score (nSPS) is 20.3. The van der Waals surface area contributed by atoms with E-state index in [0.29, 0.717) is 23.7 Å². The molecule has 1 aromatic heterocycles. The lowest BCUT2D eigenvalue weighted by Gasteiger charge is -2.34. The Morgan fingerprint density at radius 3 is 2.52 bits per heavy atom. The fraction of sp³-hybridized carbons (Fsp3) is 0.400. The summed E-state index contributed by atoms with van der Waals surface area (Å²) >= 11 is 1.33. The number of morpholine rings is 1. The number of rotatable bonds is 5. The number of carbonyl (C=O) groups is 2. The van der Waals surface area contributed by atoms with Crippen molar-refractivity contribution >= 4 is 28.2 Å². The van der Waals surface area contributed by atoms with Crippen molar-refractivity contribution in [3.05, 3.63) is 41.3 Å². The summed E-state index contributed by atoms with van der Waals surface area (Å²) in [6.07, 6.45) is 0.192. The summed E-state index contributed by atoms with van der Waals surface area (Å²) in [4.78, 5) is 27.0. The summed E-state index contributed by atoms with van der Waals surface area (Å²) in [6, 6.07) is 9.59. The van der Waals surface area contributed by atoms with Crippen LogP contribution in [0.25, 0.3) is 11.1 Å². The highest BCUT2D eigenvalue weighted by Gasteiger charge is 2.26. The van der Waals surface area contributed by atoms with E-state index >= 15 is 0 Å². The number of benzene rings is 1. The zero-order valence-electron chi connectivity index (χ0n) is 15.7. The quantitative estimate of drug-likeness (QED) is 0.797. The van der Waals surface area contributed by atoms with Crippen molar-refractivity contribution in [2.24, 2.45) is 0 Å². The molecule has 0 saturated carbocycles. The first kappa shape index (κ1) is 19.5. The van der Waals surface area contributed by atoms with Crippen molar-refractivity contribution in [2.45, 2.75) is 26.1 Å². The Kier molecular flexibility index (Phi) is 6.26. The van der Waals surface area contributed by atoms with E-state index in [2.05, 4.69) is 10.2 Å². The minimum absolute atomic E-state index is 0.0959. The highest BCUT2D eigenvalue weighted by atomic mass is 32.1. The molecule has 7 heteroatoms. The number of methoxy groups -OCH3 is 1. The van der Waals surface area contributed by atoms with Crippen molar-refractivity contribution in [1.29, 1.82) is 0 Å². The van der Waals surface area contributed by atoms with E-state index in [-0.39, 0.29) is 24.7 Å². The van der Waals surface area contributed by atoms with E-state index in [1.807, 2.05) is 49.6 Å². The minimum atomic E-state index is -0.459. The number of esters is 1. The largest absolute Gasteiger partial charge is 0.465 e. The lowest BCUT2D eigenvalue weighted by Crippen LogP contribution is -2.48. The van der Waals surface area contributed by atoms with Crippen LogP contribution in [-0.2, 0) is 14.3 Å². The number of ether oxygens (including phenoxy) is 2. The zero-order chi connectivity index (χ0) is 19.4. The molecular weight excluding hydrogens is 364 g/mol. The van der Waals surface area contributed by atoms with Crippen LogP contribution in [0.1, 0.15) is 24.2 Å². The molecule has 0 spiro atoms. The van der Waals surface area contributed by atoms with Crippen LogP contribution >= 0.6 is 11.3 Å². The Morgan fingerprint density at radius 1 is 1.22 bits per heavy atom. The maximum Gasteiger partial charge on any atom is 0.341 e. The first-order valence-corrected chi connectivity index (χ1v) is 9.78. The number of amides is 1. The molecule has 6 nitrogen and oxygen atoms in total. The number of hydrogen-bond donors (Lipinski definition) is 1. The van der Waals surface area contributed by atoms with Crippen LogP contribution in [0.2, 0.25) is 0 Å². The van der Waals surface area contributed by atoms with Crippen LogP contribution in [0, 0.1) is 0 Å². The molecule has 1 fully saturated rings. The van der Waals surface area contributed by atoms with Gasteiger partial charge >= 0.3 is 5.97 Å². The summed E-state index contributed by atoms with van der Waals surface area (Å²) in [5, 5.41) is 5.27. The van der Waals surface area contributed by atoms with Gasteiger partial charge in [0.15, 0.2) is 0 Å². The molecule has 2 aromatic rings. The predicted molar refractivity (Wildman–Crippen MR) is 106 cm³/mol. The third-order valence-electron chi connectivity index (χ3n) is 4.38. The van der Waals surface area contributed by atoms with E-state index in [4.69, 9.17) is 9.47 Å². The molecule has 2 unspecified atom stereocenters. The standard InChI is InChI=1S/C20H24N2O4S/c1-13-9-22(10-14(2)26-13)11-17(23)21-19-18(20(24)25-3)16(12-27-19)15-7-5-4-6-8-15/h4-8,12-14H,9-11H2,1-3H3,(H,21,23). The number of hydrogen-bond acceptors (Lipinski definition) is 6. The Labute approximate surface area is 163 Å². The van der Waals surface area contributed by atoms with Gasteiger partial charge in [-0.15, -0.1) is 11.3 Å². The van der Waals surface area contributed by atoms with Gasteiger partial charge in [0.1, 0.15) is 10.6 Å². The second kappa shape index (κ2) is 8.65. The molecule has 1 saturated heterocycles. The SMILES string of the molecule is COC(=O)c1c(-c2ccccc2)csc1NC(=O)CN1CC(C)OC(C)C1. The minimum Gasteiger partial charge on any atom is -0.465 e. The first-order valence-electron chi connectivity index (χ1n) is 8.90. The lowest BCUT2D eigenvalue weighted by molar-refractivity contribution is -0.121.